The van der Waals surface area contributed by atoms with Crippen LogP contribution in [0.3, 0.4) is 0 Å². The fourth-order valence-corrected chi connectivity index (χ4v) is 4.30. The zero-order valence-corrected chi connectivity index (χ0v) is 17.8. The maximum absolute atomic E-state index is 12.1. The fourth-order valence-electron chi connectivity index (χ4n) is 4.30. The van der Waals surface area contributed by atoms with Crippen molar-refractivity contribution in [3.63, 3.8) is 0 Å². The van der Waals surface area contributed by atoms with Crippen molar-refractivity contribution in [2.24, 2.45) is 5.41 Å². The second-order valence-electron chi connectivity index (χ2n) is 8.08. The molecule has 0 aromatic heterocycles. The molecule has 32 heavy (non-hydrogen) atoms. The van der Waals surface area contributed by atoms with Gasteiger partial charge in [-0.05, 0) is 34.6 Å². The molecule has 1 aliphatic heterocycles. The summed E-state index contributed by atoms with van der Waals surface area (Å²) in [5.74, 6) is 3.67. The lowest BCUT2D eigenvalue weighted by atomic mass is 9.77. The Labute approximate surface area is 186 Å². The third-order valence-corrected chi connectivity index (χ3v) is 6.26. The quantitative estimate of drug-likeness (QED) is 0.709. The molecular formula is C25H24N2O5. The fraction of sp³-hybridized carbons (Fsp3) is 0.320. The van der Waals surface area contributed by atoms with Gasteiger partial charge in [-0.3, -0.25) is 9.59 Å². The van der Waals surface area contributed by atoms with Crippen LogP contribution in [-0.2, 0) is 14.3 Å². The van der Waals surface area contributed by atoms with E-state index in [1.54, 1.807) is 6.92 Å². The normalized spacial score (nSPS) is 15.5. The zero-order chi connectivity index (χ0) is 22.7. The van der Waals surface area contributed by atoms with Crippen molar-refractivity contribution in [1.29, 1.82) is 0 Å². The minimum absolute atomic E-state index is 0.0275. The zero-order valence-electron chi connectivity index (χ0n) is 17.8. The Morgan fingerprint density at radius 1 is 1.09 bits per heavy atom. The van der Waals surface area contributed by atoms with Crippen LogP contribution in [0.2, 0.25) is 0 Å². The van der Waals surface area contributed by atoms with Crippen LogP contribution >= 0.6 is 0 Å². The van der Waals surface area contributed by atoms with Crippen LogP contribution in [0.15, 0.2) is 48.5 Å². The Bertz CT molecular complexity index is 1080. The SMILES string of the molecule is CCC1(C(=O)O)CN(C(=O)C#CCNC(=O)OCC2c3ccccc3-c3ccccc32)C1. The summed E-state index contributed by atoms with van der Waals surface area (Å²) in [6.07, 6.45) is -0.142. The molecule has 2 N–H and O–H groups in total. The number of carboxylic acid groups (broad SMARTS) is 1. The van der Waals surface area contributed by atoms with Crippen LogP contribution in [-0.4, -0.2) is 54.2 Å². The molecule has 0 atom stereocenters. The number of aliphatic carboxylic acids is 1. The van der Waals surface area contributed by atoms with Gasteiger partial charge in [0.15, 0.2) is 0 Å². The second kappa shape index (κ2) is 8.75. The van der Waals surface area contributed by atoms with Gasteiger partial charge in [0.25, 0.3) is 5.91 Å². The Balaban J connectivity index is 1.26. The van der Waals surface area contributed by atoms with Gasteiger partial charge in [0.1, 0.15) is 12.0 Å². The molecule has 0 radical (unpaired) electrons. The van der Waals surface area contributed by atoms with E-state index in [9.17, 15) is 19.5 Å². The summed E-state index contributed by atoms with van der Waals surface area (Å²) in [5.41, 5.74) is 3.71. The lowest BCUT2D eigenvalue weighted by Gasteiger charge is -2.45. The Morgan fingerprint density at radius 2 is 1.69 bits per heavy atom. The largest absolute Gasteiger partial charge is 0.481 e. The first-order valence-electron chi connectivity index (χ1n) is 10.6. The van der Waals surface area contributed by atoms with Gasteiger partial charge < -0.3 is 20.1 Å². The van der Waals surface area contributed by atoms with Gasteiger partial charge in [-0.2, -0.15) is 0 Å². The maximum atomic E-state index is 12.1. The van der Waals surface area contributed by atoms with Gasteiger partial charge >= 0.3 is 12.1 Å². The molecule has 1 fully saturated rings. The van der Waals surface area contributed by atoms with Crippen molar-refractivity contribution in [1.82, 2.24) is 10.2 Å². The number of nitrogens with zero attached hydrogens (tertiary/aromatic N) is 1. The molecule has 0 bridgehead atoms. The first-order chi connectivity index (χ1) is 15.4. The summed E-state index contributed by atoms with van der Waals surface area (Å²) < 4.78 is 5.42. The van der Waals surface area contributed by atoms with Gasteiger partial charge in [0, 0.05) is 19.0 Å². The Kier molecular flexibility index (Phi) is 5.87. The van der Waals surface area contributed by atoms with Gasteiger partial charge in [-0.1, -0.05) is 61.4 Å². The standard InChI is InChI=1S/C25H24N2O5/c1-2-25(23(29)30)15-27(16-25)22(28)12-7-13-26-24(31)32-14-21-19-10-5-3-8-17(19)18-9-4-6-11-20(18)21/h3-6,8-11,21H,2,13-16H2,1H3,(H,26,31)(H,29,30). The molecule has 2 aromatic carbocycles. The number of carbonyl (C=O) groups is 3. The number of ether oxygens (including phenoxy) is 1. The molecule has 2 aliphatic rings. The van der Waals surface area contributed by atoms with E-state index in [1.165, 1.54) is 4.90 Å². The summed E-state index contributed by atoms with van der Waals surface area (Å²) in [7, 11) is 0. The van der Waals surface area contributed by atoms with Crippen LogP contribution in [0.1, 0.15) is 30.4 Å². The Morgan fingerprint density at radius 3 is 2.25 bits per heavy atom. The van der Waals surface area contributed by atoms with Crippen molar-refractivity contribution >= 4 is 18.0 Å². The maximum Gasteiger partial charge on any atom is 0.407 e. The van der Waals surface area contributed by atoms with Gasteiger partial charge in [-0.25, -0.2) is 4.79 Å². The molecule has 1 saturated heterocycles. The highest BCUT2D eigenvalue weighted by atomic mass is 16.5. The number of carboxylic acids is 1. The highest BCUT2D eigenvalue weighted by molar-refractivity contribution is 5.95. The molecule has 2 amide bonds. The monoisotopic (exact) mass is 432 g/mol. The van der Waals surface area contributed by atoms with E-state index in [0.29, 0.717) is 6.42 Å². The Hall–Kier alpha value is -3.79. The number of hydrogen-bond donors (Lipinski definition) is 2. The molecule has 4 rings (SSSR count). The number of rotatable bonds is 5. The van der Waals surface area contributed by atoms with Crippen LogP contribution in [0, 0.1) is 17.3 Å². The summed E-state index contributed by atoms with van der Waals surface area (Å²) in [4.78, 5) is 36.8. The van der Waals surface area contributed by atoms with Gasteiger partial charge in [-0.15, -0.1) is 0 Å². The molecule has 7 heteroatoms. The molecule has 0 spiro atoms. The van der Waals surface area contributed by atoms with E-state index in [4.69, 9.17) is 4.74 Å². The average Bonchev–Trinajstić information content (AvgIpc) is 3.08. The molecule has 0 unspecified atom stereocenters. The number of hydrogen-bond acceptors (Lipinski definition) is 4. The van der Waals surface area contributed by atoms with E-state index in [2.05, 4.69) is 29.3 Å². The first-order valence-corrected chi connectivity index (χ1v) is 10.6. The molecule has 1 aliphatic carbocycles. The lowest BCUT2D eigenvalue weighted by molar-refractivity contribution is -0.164. The molecule has 7 nitrogen and oxygen atoms in total. The van der Waals surface area contributed by atoms with E-state index in [0.717, 1.165) is 22.3 Å². The van der Waals surface area contributed by atoms with Crippen LogP contribution in [0.4, 0.5) is 4.79 Å². The molecular weight excluding hydrogens is 408 g/mol. The third kappa shape index (κ3) is 3.92. The smallest absolute Gasteiger partial charge is 0.407 e. The topological polar surface area (TPSA) is 95.9 Å². The van der Waals surface area contributed by atoms with E-state index >= 15 is 0 Å². The van der Waals surface area contributed by atoms with Gasteiger partial charge in [0.05, 0.1) is 6.54 Å². The highest BCUT2D eigenvalue weighted by Crippen LogP contribution is 2.44. The van der Waals surface area contributed by atoms with Crippen LogP contribution in [0.25, 0.3) is 11.1 Å². The van der Waals surface area contributed by atoms with E-state index < -0.39 is 23.4 Å². The number of amides is 2. The van der Waals surface area contributed by atoms with E-state index in [1.807, 2.05) is 36.4 Å². The second-order valence-corrected chi connectivity index (χ2v) is 8.08. The summed E-state index contributed by atoms with van der Waals surface area (Å²) in [6, 6.07) is 16.2. The average molecular weight is 432 g/mol. The molecule has 0 saturated carbocycles. The number of alkyl carbamates (subject to hydrolysis) is 1. The van der Waals surface area contributed by atoms with Crippen molar-refractivity contribution in [2.45, 2.75) is 19.3 Å². The summed E-state index contributed by atoms with van der Waals surface area (Å²) in [5, 5.41) is 11.8. The molecule has 2 aromatic rings. The minimum atomic E-state index is -0.895. The number of fused-ring (bicyclic) bond motifs is 3. The molecule has 1 heterocycles. The van der Waals surface area contributed by atoms with Crippen molar-refractivity contribution in [3.05, 3.63) is 59.7 Å². The van der Waals surface area contributed by atoms with Crippen molar-refractivity contribution in [3.8, 4) is 23.0 Å². The minimum Gasteiger partial charge on any atom is -0.481 e. The van der Waals surface area contributed by atoms with E-state index in [-0.39, 0.29) is 32.2 Å². The number of likely N-dealkylation sites (tertiary alicyclic amines) is 1. The van der Waals surface area contributed by atoms with Crippen LogP contribution < -0.4 is 5.32 Å². The third-order valence-electron chi connectivity index (χ3n) is 6.26. The number of carbonyl (C=O) groups excluding carboxylic acids is 2. The van der Waals surface area contributed by atoms with Crippen molar-refractivity contribution in [2.75, 3.05) is 26.2 Å². The number of benzene rings is 2. The van der Waals surface area contributed by atoms with Gasteiger partial charge in [0.2, 0.25) is 0 Å². The number of nitrogens with one attached hydrogen (secondary N) is 1. The first kappa shape index (κ1) is 21.4. The van der Waals surface area contributed by atoms with Crippen LogP contribution in [0.5, 0.6) is 0 Å². The highest BCUT2D eigenvalue weighted by Gasteiger charge is 2.49. The summed E-state index contributed by atoms with van der Waals surface area (Å²) in [6.45, 7) is 2.28. The lowest BCUT2D eigenvalue weighted by Crippen LogP contribution is -2.61. The van der Waals surface area contributed by atoms with Crippen molar-refractivity contribution < 1.29 is 24.2 Å². The summed E-state index contributed by atoms with van der Waals surface area (Å²) >= 11 is 0. The predicted molar refractivity (Wildman–Crippen MR) is 118 cm³/mol. The predicted octanol–water partition coefficient (Wildman–Crippen LogP) is 2.85. The molecule has 164 valence electrons.